The average molecular weight is 308 g/mol. The molecule has 1 heterocycles. The summed E-state index contributed by atoms with van der Waals surface area (Å²) < 4.78 is 28.6. The van der Waals surface area contributed by atoms with Gasteiger partial charge in [0.2, 0.25) is 0 Å². The largest absolute Gasteiger partial charge is 0.395 e. The van der Waals surface area contributed by atoms with Gasteiger partial charge in [-0.2, -0.15) is 12.7 Å². The Labute approximate surface area is 126 Å². The molecule has 0 bridgehead atoms. The van der Waals surface area contributed by atoms with Crippen LogP contribution in [0.1, 0.15) is 31.2 Å². The van der Waals surface area contributed by atoms with Crippen molar-refractivity contribution in [1.82, 2.24) is 4.31 Å². The number of nitrogens with zero attached hydrogens (tertiary/aromatic N) is 1. The molecule has 0 aliphatic carbocycles. The van der Waals surface area contributed by atoms with Gasteiger partial charge < -0.3 is 5.11 Å². The molecule has 0 unspecified atom stereocenters. The number of rotatable bonds is 4. The fraction of sp³-hybridized carbons (Fsp3) is 0.467. The molecule has 0 atom stereocenters. The van der Waals surface area contributed by atoms with Crippen molar-refractivity contribution in [1.29, 1.82) is 0 Å². The van der Waals surface area contributed by atoms with Gasteiger partial charge >= 0.3 is 10.2 Å². The number of aliphatic hydroxyl groups excluding tert-OH is 1. The van der Waals surface area contributed by atoms with Gasteiger partial charge in [-0.25, -0.2) is 0 Å². The van der Waals surface area contributed by atoms with Crippen LogP contribution in [0.15, 0.2) is 24.3 Å². The van der Waals surface area contributed by atoms with Crippen molar-refractivity contribution in [2.24, 2.45) is 0 Å². The van der Waals surface area contributed by atoms with Gasteiger partial charge in [-0.1, -0.05) is 24.3 Å². The number of hydrogen-bond donors (Lipinski definition) is 2. The molecule has 6 heteroatoms. The highest BCUT2D eigenvalue weighted by molar-refractivity contribution is 7.90. The predicted molar refractivity (Wildman–Crippen MR) is 83.0 cm³/mol. The molecule has 0 aromatic heterocycles. The minimum atomic E-state index is -3.48. The molecule has 0 radical (unpaired) electrons. The van der Waals surface area contributed by atoms with Crippen LogP contribution in [0.2, 0.25) is 0 Å². The zero-order valence-electron chi connectivity index (χ0n) is 11.9. The maximum absolute atomic E-state index is 12.3. The second-order valence-electron chi connectivity index (χ2n) is 4.92. The molecular formula is C15H20N2O3S. The van der Waals surface area contributed by atoms with Crippen molar-refractivity contribution in [2.75, 3.05) is 24.4 Å². The summed E-state index contributed by atoms with van der Waals surface area (Å²) in [5.41, 5.74) is 1.23. The van der Waals surface area contributed by atoms with E-state index in [0.717, 1.165) is 24.8 Å². The number of anilines is 1. The summed E-state index contributed by atoms with van der Waals surface area (Å²) in [6, 6.07) is 6.98. The van der Waals surface area contributed by atoms with E-state index in [1.54, 1.807) is 18.2 Å². The molecule has 21 heavy (non-hydrogen) atoms. The first-order valence-corrected chi connectivity index (χ1v) is 8.53. The maximum Gasteiger partial charge on any atom is 0.301 e. The summed E-state index contributed by atoms with van der Waals surface area (Å²) in [5.74, 6) is 5.71. The summed E-state index contributed by atoms with van der Waals surface area (Å²) in [7, 11) is -3.48. The van der Waals surface area contributed by atoms with Crippen LogP contribution in [0.5, 0.6) is 0 Å². The van der Waals surface area contributed by atoms with Gasteiger partial charge in [0.25, 0.3) is 0 Å². The first kappa shape index (κ1) is 15.8. The summed E-state index contributed by atoms with van der Waals surface area (Å²) >= 11 is 0. The molecular weight excluding hydrogens is 288 g/mol. The van der Waals surface area contributed by atoms with Gasteiger partial charge in [0, 0.05) is 25.1 Å². The Morgan fingerprint density at radius 2 is 2.00 bits per heavy atom. The minimum absolute atomic E-state index is 0.0221. The quantitative estimate of drug-likeness (QED) is 0.829. The number of benzene rings is 1. The third-order valence-corrected chi connectivity index (χ3v) is 4.77. The van der Waals surface area contributed by atoms with Crippen LogP contribution in [-0.4, -0.2) is 37.5 Å². The molecule has 0 amide bonds. The zero-order chi connectivity index (χ0) is 15.1. The van der Waals surface area contributed by atoms with Gasteiger partial charge in [0.15, 0.2) is 0 Å². The third kappa shape index (κ3) is 4.74. The number of piperidine rings is 1. The van der Waals surface area contributed by atoms with Gasteiger partial charge in [-0.05, 0) is 31.0 Å². The topological polar surface area (TPSA) is 69.6 Å². The summed E-state index contributed by atoms with van der Waals surface area (Å²) in [4.78, 5) is 0. The highest BCUT2D eigenvalue weighted by Crippen LogP contribution is 2.17. The summed E-state index contributed by atoms with van der Waals surface area (Å²) in [5, 5.41) is 8.70. The molecule has 2 N–H and O–H groups in total. The molecule has 1 aliphatic rings. The Morgan fingerprint density at radius 3 is 2.71 bits per heavy atom. The maximum atomic E-state index is 12.3. The second-order valence-corrected chi connectivity index (χ2v) is 6.59. The van der Waals surface area contributed by atoms with E-state index in [0.29, 0.717) is 25.2 Å². The van der Waals surface area contributed by atoms with E-state index in [1.165, 1.54) is 4.31 Å². The highest BCUT2D eigenvalue weighted by atomic mass is 32.2. The Kier molecular flexibility index (Phi) is 5.62. The molecule has 1 aromatic carbocycles. The van der Waals surface area contributed by atoms with Crippen molar-refractivity contribution >= 4 is 15.9 Å². The van der Waals surface area contributed by atoms with Gasteiger partial charge in [-0.15, -0.1) is 0 Å². The smallest absolute Gasteiger partial charge is 0.301 e. The predicted octanol–water partition coefficient (Wildman–Crippen LogP) is 1.56. The van der Waals surface area contributed by atoms with Gasteiger partial charge in [0.1, 0.15) is 0 Å². The van der Waals surface area contributed by atoms with Crippen LogP contribution in [0.3, 0.4) is 0 Å². The van der Waals surface area contributed by atoms with E-state index in [1.807, 2.05) is 6.07 Å². The first-order valence-electron chi connectivity index (χ1n) is 7.09. The molecule has 1 fully saturated rings. The van der Waals surface area contributed by atoms with Crippen molar-refractivity contribution in [3.05, 3.63) is 29.8 Å². The Hall–Kier alpha value is -1.55. The molecule has 2 rings (SSSR count). The number of hydrogen-bond acceptors (Lipinski definition) is 3. The fourth-order valence-corrected chi connectivity index (χ4v) is 3.49. The van der Waals surface area contributed by atoms with E-state index < -0.39 is 10.2 Å². The van der Waals surface area contributed by atoms with Crippen LogP contribution >= 0.6 is 0 Å². The molecule has 1 saturated heterocycles. The van der Waals surface area contributed by atoms with Gasteiger partial charge in [0.05, 0.1) is 12.3 Å². The van der Waals surface area contributed by atoms with E-state index in [9.17, 15) is 8.42 Å². The third-order valence-electron chi connectivity index (χ3n) is 3.23. The number of aliphatic hydroxyl groups is 1. The Morgan fingerprint density at radius 1 is 1.24 bits per heavy atom. The highest BCUT2D eigenvalue weighted by Gasteiger charge is 2.23. The van der Waals surface area contributed by atoms with Crippen molar-refractivity contribution in [2.45, 2.75) is 25.7 Å². The fourth-order valence-electron chi connectivity index (χ4n) is 2.20. The van der Waals surface area contributed by atoms with E-state index >= 15 is 0 Å². The molecule has 1 aromatic rings. The zero-order valence-corrected chi connectivity index (χ0v) is 12.7. The van der Waals surface area contributed by atoms with Gasteiger partial charge in [-0.3, -0.25) is 4.72 Å². The lowest BCUT2D eigenvalue weighted by atomic mass is 10.2. The van der Waals surface area contributed by atoms with Crippen LogP contribution in [0, 0.1) is 11.8 Å². The van der Waals surface area contributed by atoms with Crippen molar-refractivity contribution in [3.8, 4) is 11.8 Å². The van der Waals surface area contributed by atoms with Crippen LogP contribution in [-0.2, 0) is 10.2 Å². The average Bonchev–Trinajstić information content (AvgIpc) is 2.48. The molecule has 0 saturated carbocycles. The standard InChI is InChI=1S/C15H20N2O3S/c18-12-5-2-7-14-8-6-9-15(13-14)16-21(19,20)17-10-3-1-4-11-17/h6,8-9,13,16,18H,1,3-5,10-12H2. The van der Waals surface area contributed by atoms with E-state index in [2.05, 4.69) is 16.6 Å². The Bertz CT molecular complexity index is 626. The van der Waals surface area contributed by atoms with Crippen molar-refractivity contribution in [3.63, 3.8) is 0 Å². The molecule has 114 valence electrons. The monoisotopic (exact) mass is 308 g/mol. The van der Waals surface area contributed by atoms with Crippen LogP contribution in [0.4, 0.5) is 5.69 Å². The van der Waals surface area contributed by atoms with Crippen molar-refractivity contribution < 1.29 is 13.5 Å². The second kappa shape index (κ2) is 7.46. The lowest BCUT2D eigenvalue weighted by Crippen LogP contribution is -2.39. The van der Waals surface area contributed by atoms with E-state index in [-0.39, 0.29) is 6.61 Å². The summed E-state index contributed by atoms with van der Waals surface area (Å²) in [6.45, 7) is 1.17. The van der Waals surface area contributed by atoms with Crippen LogP contribution < -0.4 is 4.72 Å². The summed E-state index contributed by atoms with van der Waals surface area (Å²) in [6.07, 6.45) is 3.31. The molecule has 0 spiro atoms. The molecule has 1 aliphatic heterocycles. The Balaban J connectivity index is 2.08. The SMILES string of the molecule is O=S(=O)(Nc1cccc(C#CCCO)c1)N1CCCCC1. The lowest BCUT2D eigenvalue weighted by Gasteiger charge is -2.26. The minimum Gasteiger partial charge on any atom is -0.395 e. The van der Waals surface area contributed by atoms with Crippen LogP contribution in [0.25, 0.3) is 0 Å². The normalized spacial score (nSPS) is 16.0. The lowest BCUT2D eigenvalue weighted by molar-refractivity contribution is 0.305. The first-order chi connectivity index (χ1) is 10.1. The van der Waals surface area contributed by atoms with E-state index in [4.69, 9.17) is 5.11 Å². The molecule has 5 nitrogen and oxygen atoms in total. The number of nitrogens with one attached hydrogen (secondary N) is 1.